The second-order valence-electron chi connectivity index (χ2n) is 6.48. The Hall–Kier alpha value is -3.41. The van der Waals surface area contributed by atoms with Crippen LogP contribution in [-0.4, -0.2) is 21.1 Å². The molecule has 0 N–H and O–H groups in total. The molecule has 4 aromatic rings. The Morgan fingerprint density at radius 3 is 2.89 bits per heavy atom. The standard InChI is InChI=1S/C21H19N3O3/c1-14(2)24-18(7-10-23-24)21-15(4-3-9-22-21)13-27-20-6-5-19-16(8-11-26-19)17(20)12-25/h3-12,14H,13H2,1-2H3. The summed E-state index contributed by atoms with van der Waals surface area (Å²) in [5.74, 6) is 0.520. The monoisotopic (exact) mass is 361 g/mol. The molecule has 0 atom stereocenters. The van der Waals surface area contributed by atoms with E-state index in [1.165, 1.54) is 0 Å². The number of pyridine rings is 1. The average Bonchev–Trinajstić information content (AvgIpc) is 3.35. The zero-order valence-electron chi connectivity index (χ0n) is 15.1. The zero-order valence-corrected chi connectivity index (χ0v) is 15.1. The highest BCUT2D eigenvalue weighted by atomic mass is 16.5. The molecule has 0 spiro atoms. The first-order valence-corrected chi connectivity index (χ1v) is 8.75. The number of carbonyl (C=O) groups excluding carboxylic acids is 1. The molecule has 0 amide bonds. The van der Waals surface area contributed by atoms with Gasteiger partial charge in [0.1, 0.15) is 17.9 Å². The molecule has 0 aliphatic heterocycles. The van der Waals surface area contributed by atoms with Crippen molar-refractivity contribution < 1.29 is 13.9 Å². The van der Waals surface area contributed by atoms with Crippen LogP contribution < -0.4 is 4.74 Å². The molecule has 136 valence electrons. The summed E-state index contributed by atoms with van der Waals surface area (Å²) in [5.41, 5.74) is 3.82. The van der Waals surface area contributed by atoms with E-state index in [1.807, 2.05) is 22.9 Å². The van der Waals surface area contributed by atoms with Crippen molar-refractivity contribution in [2.75, 3.05) is 0 Å². The van der Waals surface area contributed by atoms with Crippen molar-refractivity contribution >= 4 is 17.3 Å². The normalized spacial score (nSPS) is 11.2. The topological polar surface area (TPSA) is 70.2 Å². The summed E-state index contributed by atoms with van der Waals surface area (Å²) in [6.45, 7) is 4.44. The molecule has 0 fully saturated rings. The van der Waals surface area contributed by atoms with Gasteiger partial charge in [0.2, 0.25) is 0 Å². The maximum absolute atomic E-state index is 11.6. The highest BCUT2D eigenvalue weighted by Crippen LogP contribution is 2.29. The van der Waals surface area contributed by atoms with Crippen LogP contribution in [-0.2, 0) is 6.61 Å². The molecule has 0 radical (unpaired) electrons. The van der Waals surface area contributed by atoms with Gasteiger partial charge in [0, 0.05) is 29.4 Å². The van der Waals surface area contributed by atoms with E-state index >= 15 is 0 Å². The molecular formula is C21H19N3O3. The predicted octanol–water partition coefficient (Wildman–Crippen LogP) is 4.66. The second-order valence-corrected chi connectivity index (χ2v) is 6.48. The second kappa shape index (κ2) is 7.07. The predicted molar refractivity (Wildman–Crippen MR) is 102 cm³/mol. The maximum atomic E-state index is 11.6. The van der Waals surface area contributed by atoms with E-state index in [1.54, 1.807) is 36.9 Å². The molecule has 3 aromatic heterocycles. The van der Waals surface area contributed by atoms with Crippen LogP contribution in [0.2, 0.25) is 0 Å². The zero-order chi connectivity index (χ0) is 18.8. The lowest BCUT2D eigenvalue weighted by Crippen LogP contribution is -2.08. The van der Waals surface area contributed by atoms with E-state index in [4.69, 9.17) is 9.15 Å². The van der Waals surface area contributed by atoms with Crippen LogP contribution in [0.3, 0.4) is 0 Å². The van der Waals surface area contributed by atoms with Crippen LogP contribution >= 0.6 is 0 Å². The first kappa shape index (κ1) is 17.0. The highest BCUT2D eigenvalue weighted by Gasteiger charge is 2.15. The number of benzene rings is 1. The number of nitrogens with zero attached hydrogens (tertiary/aromatic N) is 3. The molecule has 1 aromatic carbocycles. The Morgan fingerprint density at radius 1 is 1.19 bits per heavy atom. The summed E-state index contributed by atoms with van der Waals surface area (Å²) >= 11 is 0. The number of ether oxygens (including phenoxy) is 1. The van der Waals surface area contributed by atoms with Gasteiger partial charge in [-0.15, -0.1) is 0 Å². The highest BCUT2D eigenvalue weighted by molar-refractivity contribution is 5.98. The number of aldehydes is 1. The third kappa shape index (κ3) is 3.10. The van der Waals surface area contributed by atoms with Gasteiger partial charge >= 0.3 is 0 Å². The van der Waals surface area contributed by atoms with E-state index in [0.29, 0.717) is 16.9 Å². The number of fused-ring (bicyclic) bond motifs is 1. The summed E-state index contributed by atoms with van der Waals surface area (Å²) in [6, 6.07) is 11.3. The van der Waals surface area contributed by atoms with Crippen LogP contribution in [0.4, 0.5) is 0 Å². The molecule has 6 nitrogen and oxygen atoms in total. The summed E-state index contributed by atoms with van der Waals surface area (Å²) in [4.78, 5) is 16.1. The SMILES string of the molecule is CC(C)n1nccc1-c1ncccc1COc1ccc2occc2c1C=O. The molecule has 4 rings (SSSR count). The van der Waals surface area contributed by atoms with Gasteiger partial charge in [0.25, 0.3) is 0 Å². The van der Waals surface area contributed by atoms with E-state index in [-0.39, 0.29) is 12.6 Å². The van der Waals surface area contributed by atoms with Gasteiger partial charge in [-0.3, -0.25) is 14.5 Å². The van der Waals surface area contributed by atoms with Crippen molar-refractivity contribution in [3.63, 3.8) is 0 Å². The van der Waals surface area contributed by atoms with Gasteiger partial charge in [-0.25, -0.2) is 0 Å². The largest absolute Gasteiger partial charge is 0.488 e. The van der Waals surface area contributed by atoms with Gasteiger partial charge in [-0.1, -0.05) is 6.07 Å². The van der Waals surface area contributed by atoms with Gasteiger partial charge in [-0.05, 0) is 44.2 Å². The number of carbonyl (C=O) groups is 1. The minimum Gasteiger partial charge on any atom is -0.488 e. The van der Waals surface area contributed by atoms with Crippen LogP contribution in [0.5, 0.6) is 5.75 Å². The summed E-state index contributed by atoms with van der Waals surface area (Å²) < 4.78 is 13.3. The van der Waals surface area contributed by atoms with Crippen LogP contribution in [0.1, 0.15) is 35.8 Å². The minimum atomic E-state index is 0.218. The fraction of sp³-hybridized carbons (Fsp3) is 0.190. The van der Waals surface area contributed by atoms with E-state index in [9.17, 15) is 4.79 Å². The van der Waals surface area contributed by atoms with Crippen LogP contribution in [0.25, 0.3) is 22.4 Å². The number of rotatable bonds is 6. The first-order chi connectivity index (χ1) is 13.2. The Morgan fingerprint density at radius 2 is 2.07 bits per heavy atom. The molecule has 0 bridgehead atoms. The first-order valence-electron chi connectivity index (χ1n) is 8.75. The van der Waals surface area contributed by atoms with Gasteiger partial charge in [0.05, 0.1) is 23.2 Å². The smallest absolute Gasteiger partial charge is 0.154 e. The van der Waals surface area contributed by atoms with Crippen molar-refractivity contribution in [1.82, 2.24) is 14.8 Å². The lowest BCUT2D eigenvalue weighted by molar-refractivity contribution is 0.112. The van der Waals surface area contributed by atoms with E-state index < -0.39 is 0 Å². The number of furan rings is 1. The maximum Gasteiger partial charge on any atom is 0.154 e. The van der Waals surface area contributed by atoms with Crippen molar-refractivity contribution in [3.05, 3.63) is 66.2 Å². The number of hydrogen-bond acceptors (Lipinski definition) is 5. The van der Waals surface area contributed by atoms with Gasteiger partial charge in [0.15, 0.2) is 6.29 Å². The molecule has 3 heterocycles. The van der Waals surface area contributed by atoms with Crippen molar-refractivity contribution in [2.45, 2.75) is 26.5 Å². The number of hydrogen-bond donors (Lipinski definition) is 0. The van der Waals surface area contributed by atoms with Crippen LogP contribution in [0, 0.1) is 0 Å². The third-order valence-corrected chi connectivity index (χ3v) is 4.43. The lowest BCUT2D eigenvalue weighted by atomic mass is 10.1. The molecule has 0 aliphatic carbocycles. The fourth-order valence-electron chi connectivity index (χ4n) is 3.15. The summed E-state index contributed by atoms with van der Waals surface area (Å²) in [6.07, 6.45) is 5.88. The summed E-state index contributed by atoms with van der Waals surface area (Å²) in [5, 5.41) is 5.13. The molecule has 6 heteroatoms. The third-order valence-electron chi connectivity index (χ3n) is 4.43. The molecular weight excluding hydrogens is 342 g/mol. The molecule has 27 heavy (non-hydrogen) atoms. The van der Waals surface area contributed by atoms with E-state index in [2.05, 4.69) is 23.9 Å². The van der Waals surface area contributed by atoms with Gasteiger partial charge < -0.3 is 9.15 Å². The van der Waals surface area contributed by atoms with Crippen molar-refractivity contribution in [1.29, 1.82) is 0 Å². The van der Waals surface area contributed by atoms with Crippen LogP contribution in [0.15, 0.2) is 59.5 Å². The minimum absolute atomic E-state index is 0.218. The van der Waals surface area contributed by atoms with Crippen molar-refractivity contribution in [2.24, 2.45) is 0 Å². The Kier molecular flexibility index (Phi) is 4.46. The van der Waals surface area contributed by atoms with Gasteiger partial charge in [-0.2, -0.15) is 5.10 Å². The summed E-state index contributed by atoms with van der Waals surface area (Å²) in [7, 11) is 0. The fourth-order valence-corrected chi connectivity index (χ4v) is 3.15. The number of aromatic nitrogens is 3. The quantitative estimate of drug-likeness (QED) is 0.467. The lowest BCUT2D eigenvalue weighted by Gasteiger charge is -2.14. The molecule has 0 saturated carbocycles. The Bertz CT molecular complexity index is 1090. The average molecular weight is 361 g/mol. The Balaban J connectivity index is 1.67. The van der Waals surface area contributed by atoms with E-state index in [0.717, 1.165) is 28.6 Å². The Labute approximate surface area is 156 Å². The molecule has 0 aliphatic rings. The van der Waals surface area contributed by atoms with Crippen molar-refractivity contribution in [3.8, 4) is 17.1 Å². The molecule has 0 saturated heterocycles. The molecule has 0 unspecified atom stereocenters.